The number of nitrogens with zero attached hydrogens (tertiary/aromatic N) is 3. The van der Waals surface area contributed by atoms with Crippen molar-refractivity contribution in [1.82, 2.24) is 5.43 Å². The average molecular weight is 451 g/mol. The Hall–Kier alpha value is -3.02. The van der Waals surface area contributed by atoms with Gasteiger partial charge in [-0.2, -0.15) is 5.10 Å². The van der Waals surface area contributed by atoms with Crippen LogP contribution in [0.1, 0.15) is 63.1 Å². The van der Waals surface area contributed by atoms with Crippen molar-refractivity contribution < 1.29 is 9.53 Å². The number of aryl methyl sites for hydroxylation is 1. The smallest absolute Gasteiger partial charge is 0.277 e. The van der Waals surface area contributed by atoms with Gasteiger partial charge in [-0.25, -0.2) is 5.43 Å². The lowest BCUT2D eigenvalue weighted by Crippen LogP contribution is -2.48. The van der Waals surface area contributed by atoms with Crippen LogP contribution in [0.4, 0.5) is 11.4 Å². The molecule has 1 atom stereocenters. The Labute approximate surface area is 198 Å². The van der Waals surface area contributed by atoms with Gasteiger partial charge in [0.2, 0.25) is 0 Å². The van der Waals surface area contributed by atoms with E-state index in [0.717, 1.165) is 36.2 Å². The predicted octanol–water partition coefficient (Wildman–Crippen LogP) is 5.09. The van der Waals surface area contributed by atoms with Crippen LogP contribution in [-0.4, -0.2) is 44.9 Å². The van der Waals surface area contributed by atoms with E-state index in [1.807, 2.05) is 43.3 Å². The molecule has 1 aliphatic rings. The molecule has 0 fully saturated rings. The molecule has 0 saturated carbocycles. The molecule has 1 amide bonds. The summed E-state index contributed by atoms with van der Waals surface area (Å²) in [4.78, 5) is 16.7. The molecule has 33 heavy (non-hydrogen) atoms. The molecule has 1 heterocycles. The van der Waals surface area contributed by atoms with Crippen molar-refractivity contribution in [1.29, 1.82) is 0 Å². The van der Waals surface area contributed by atoms with Gasteiger partial charge in [0, 0.05) is 43.6 Å². The lowest BCUT2D eigenvalue weighted by atomic mass is 9.79. The highest BCUT2D eigenvalue weighted by Gasteiger charge is 2.36. The van der Waals surface area contributed by atoms with Crippen LogP contribution < -0.4 is 20.0 Å². The van der Waals surface area contributed by atoms with E-state index in [1.54, 1.807) is 6.21 Å². The van der Waals surface area contributed by atoms with E-state index in [9.17, 15) is 4.79 Å². The first kappa shape index (κ1) is 24.6. The van der Waals surface area contributed by atoms with Gasteiger partial charge >= 0.3 is 0 Å². The van der Waals surface area contributed by atoms with Crippen molar-refractivity contribution in [2.24, 2.45) is 5.10 Å². The Morgan fingerprint density at radius 3 is 2.76 bits per heavy atom. The zero-order valence-corrected chi connectivity index (χ0v) is 21.1. The fraction of sp³-hybridized carbons (Fsp3) is 0.481. The van der Waals surface area contributed by atoms with Crippen LogP contribution in [0.3, 0.4) is 0 Å². The number of fused-ring (bicyclic) bond motifs is 1. The van der Waals surface area contributed by atoms with E-state index in [2.05, 4.69) is 62.2 Å². The molecule has 1 aliphatic heterocycles. The van der Waals surface area contributed by atoms with Gasteiger partial charge in [0.15, 0.2) is 6.61 Å². The number of rotatable bonds is 8. The van der Waals surface area contributed by atoms with Gasteiger partial charge in [0.25, 0.3) is 5.91 Å². The van der Waals surface area contributed by atoms with Gasteiger partial charge < -0.3 is 14.5 Å². The molecule has 0 radical (unpaired) electrons. The second-order valence-corrected chi connectivity index (χ2v) is 9.81. The Balaban J connectivity index is 1.66. The molecular formula is C27H38N4O2. The molecule has 2 aromatic carbocycles. The van der Waals surface area contributed by atoms with Crippen LogP contribution in [0.25, 0.3) is 0 Å². The summed E-state index contributed by atoms with van der Waals surface area (Å²) in [6, 6.07) is 12.1. The van der Waals surface area contributed by atoms with E-state index >= 15 is 0 Å². The molecule has 0 aliphatic carbocycles. The Morgan fingerprint density at radius 1 is 1.30 bits per heavy atom. The maximum absolute atomic E-state index is 12.2. The highest BCUT2D eigenvalue weighted by Crippen LogP contribution is 2.44. The minimum absolute atomic E-state index is 0.0878. The molecular weight excluding hydrogens is 412 g/mol. The quantitative estimate of drug-likeness (QED) is 0.449. The number of carbonyl (C=O) groups excluding carboxylic acids is 1. The molecule has 1 unspecified atom stereocenters. The average Bonchev–Trinajstić information content (AvgIpc) is 2.76. The van der Waals surface area contributed by atoms with E-state index in [4.69, 9.17) is 4.74 Å². The third-order valence-corrected chi connectivity index (χ3v) is 6.32. The lowest BCUT2D eigenvalue weighted by molar-refractivity contribution is -0.123. The third-order valence-electron chi connectivity index (χ3n) is 6.32. The topological polar surface area (TPSA) is 57.2 Å². The van der Waals surface area contributed by atoms with Crippen LogP contribution in [0.2, 0.25) is 0 Å². The zero-order valence-electron chi connectivity index (χ0n) is 21.1. The second kappa shape index (κ2) is 10.3. The third kappa shape index (κ3) is 5.86. The van der Waals surface area contributed by atoms with Crippen LogP contribution >= 0.6 is 0 Å². The fourth-order valence-corrected chi connectivity index (χ4v) is 4.64. The summed E-state index contributed by atoms with van der Waals surface area (Å²) in [6.07, 6.45) is 3.96. The van der Waals surface area contributed by atoms with Crippen LogP contribution in [0.15, 0.2) is 41.5 Å². The first-order valence-corrected chi connectivity index (χ1v) is 11.8. The molecule has 0 saturated heterocycles. The van der Waals surface area contributed by atoms with Crippen molar-refractivity contribution in [3.8, 4) is 5.75 Å². The lowest BCUT2D eigenvalue weighted by Gasteiger charge is -2.48. The summed E-state index contributed by atoms with van der Waals surface area (Å²) in [5.74, 6) is 0.831. The summed E-state index contributed by atoms with van der Waals surface area (Å²) in [7, 11) is 3.93. The Bertz CT molecular complexity index is 1010. The summed E-state index contributed by atoms with van der Waals surface area (Å²) in [5, 5.41) is 4.19. The normalized spacial score (nSPS) is 17.1. The maximum atomic E-state index is 12.2. The second-order valence-electron chi connectivity index (χ2n) is 9.81. The monoisotopic (exact) mass is 450 g/mol. The first-order valence-electron chi connectivity index (χ1n) is 11.8. The number of amides is 1. The van der Waals surface area contributed by atoms with Crippen molar-refractivity contribution in [3.05, 3.63) is 53.1 Å². The van der Waals surface area contributed by atoms with Crippen molar-refractivity contribution in [2.45, 2.75) is 58.9 Å². The minimum Gasteiger partial charge on any atom is -0.484 e. The molecule has 6 nitrogen and oxygen atoms in total. The van der Waals surface area contributed by atoms with Crippen LogP contribution in [0, 0.1) is 6.92 Å². The first-order chi connectivity index (χ1) is 15.6. The highest BCUT2D eigenvalue weighted by molar-refractivity contribution is 5.86. The molecule has 0 aromatic heterocycles. The van der Waals surface area contributed by atoms with E-state index in [0.29, 0.717) is 11.7 Å². The van der Waals surface area contributed by atoms with Gasteiger partial charge in [-0.05, 0) is 80.5 Å². The molecule has 6 heteroatoms. The van der Waals surface area contributed by atoms with Gasteiger partial charge in [-0.3, -0.25) is 4.79 Å². The number of anilines is 2. The summed E-state index contributed by atoms with van der Waals surface area (Å²) < 4.78 is 5.61. The van der Waals surface area contributed by atoms with Crippen molar-refractivity contribution >= 4 is 23.5 Å². The number of nitrogens with one attached hydrogen (secondary N) is 1. The van der Waals surface area contributed by atoms with Gasteiger partial charge in [-0.1, -0.05) is 19.9 Å². The van der Waals surface area contributed by atoms with Crippen molar-refractivity contribution in [3.63, 3.8) is 0 Å². The van der Waals surface area contributed by atoms with Gasteiger partial charge in [0.05, 0.1) is 6.21 Å². The molecule has 0 spiro atoms. The number of hydrogen-bond acceptors (Lipinski definition) is 5. The molecule has 1 N–H and O–H groups in total. The molecule has 178 valence electrons. The largest absolute Gasteiger partial charge is 0.484 e. The number of hydrazone groups is 1. The molecule has 2 aromatic rings. The van der Waals surface area contributed by atoms with E-state index in [1.165, 1.54) is 11.3 Å². The minimum atomic E-state index is -0.290. The maximum Gasteiger partial charge on any atom is 0.277 e. The Kier molecular flexibility index (Phi) is 7.67. The summed E-state index contributed by atoms with van der Waals surface area (Å²) in [6.45, 7) is 12.3. The number of hydrogen-bond donors (Lipinski definition) is 1. The number of benzene rings is 2. The zero-order chi connectivity index (χ0) is 24.2. The fourth-order valence-electron chi connectivity index (χ4n) is 4.64. The van der Waals surface area contributed by atoms with E-state index in [-0.39, 0.29) is 18.1 Å². The predicted molar refractivity (Wildman–Crippen MR) is 138 cm³/mol. The number of ether oxygens (including phenoxy) is 1. The van der Waals surface area contributed by atoms with Gasteiger partial charge in [-0.15, -0.1) is 0 Å². The standard InChI is InChI=1S/C27H38N4O2/c1-8-12-31-25-13-19(2)21(14-24(25)20(3)16-27(31,4)5)17-28-29-26(32)18-33-23-11-9-10-22(15-23)30(6)7/h9-11,13-15,17,20H,8,12,16,18H2,1-7H3,(H,29,32)/b28-17+. The van der Waals surface area contributed by atoms with E-state index < -0.39 is 0 Å². The molecule has 0 bridgehead atoms. The highest BCUT2D eigenvalue weighted by atomic mass is 16.5. The molecule has 3 rings (SSSR count). The summed E-state index contributed by atoms with van der Waals surface area (Å²) >= 11 is 0. The SMILES string of the molecule is CCCN1c2cc(C)c(/C=N/NC(=O)COc3cccc(N(C)C)c3)cc2C(C)CC1(C)C. The summed E-state index contributed by atoms with van der Waals surface area (Å²) in [5.41, 5.74) is 8.60. The van der Waals surface area contributed by atoms with Crippen molar-refractivity contribution in [2.75, 3.05) is 37.0 Å². The van der Waals surface area contributed by atoms with Crippen LogP contribution in [0.5, 0.6) is 5.75 Å². The Morgan fingerprint density at radius 2 is 2.06 bits per heavy atom. The van der Waals surface area contributed by atoms with Crippen LogP contribution in [-0.2, 0) is 4.79 Å². The number of carbonyl (C=O) groups is 1. The van der Waals surface area contributed by atoms with Gasteiger partial charge in [0.1, 0.15) is 5.75 Å².